The van der Waals surface area contributed by atoms with Gasteiger partial charge in [-0.05, 0) is 12.1 Å². The molecule has 0 amide bonds. The normalized spacial score (nSPS) is 11.2. The lowest BCUT2D eigenvalue weighted by molar-refractivity contribution is 0.0508. The summed E-state index contributed by atoms with van der Waals surface area (Å²) in [7, 11) is 3.78. The number of fused-ring (bicyclic) bond motifs is 1. The van der Waals surface area contributed by atoms with Gasteiger partial charge in [-0.25, -0.2) is 4.98 Å². The van der Waals surface area contributed by atoms with Crippen molar-refractivity contribution in [3.63, 3.8) is 0 Å². The van der Waals surface area contributed by atoms with Gasteiger partial charge in [0, 0.05) is 19.1 Å². The third-order valence-corrected chi connectivity index (χ3v) is 3.11. The number of hydrogen-bond acceptors (Lipinski definition) is 4. The molecule has 19 heavy (non-hydrogen) atoms. The van der Waals surface area contributed by atoms with Crippen LogP contribution in [0.25, 0.3) is 11.0 Å². The molecule has 5 nitrogen and oxygen atoms in total. The van der Waals surface area contributed by atoms with E-state index in [1.54, 1.807) is 12.1 Å². The Hall–Kier alpha value is -1.01. The molecule has 7 heteroatoms. The molecule has 104 valence electrons. The molecule has 0 aliphatic heterocycles. The number of aliphatic hydroxyl groups is 1. The molecule has 0 spiro atoms. The van der Waals surface area contributed by atoms with Gasteiger partial charge in [0.2, 0.25) is 5.95 Å². The molecule has 1 heterocycles. The van der Waals surface area contributed by atoms with Crippen molar-refractivity contribution >= 4 is 40.2 Å². The Bertz CT molecular complexity index is 584. The number of hydrogen-bond donors (Lipinski definition) is 1. The van der Waals surface area contributed by atoms with E-state index in [-0.39, 0.29) is 19.9 Å². The van der Waals surface area contributed by atoms with Gasteiger partial charge in [0.1, 0.15) is 12.2 Å². The number of rotatable bonds is 5. The molecule has 1 aromatic heterocycles. The van der Waals surface area contributed by atoms with Gasteiger partial charge in [-0.2, -0.15) is 0 Å². The average molecular weight is 304 g/mol. The van der Waals surface area contributed by atoms with Crippen LogP contribution in [-0.4, -0.2) is 42.0 Å². The highest BCUT2D eigenvalue weighted by atomic mass is 35.5. The van der Waals surface area contributed by atoms with Crippen LogP contribution in [0.15, 0.2) is 12.1 Å². The molecule has 0 saturated carbocycles. The van der Waals surface area contributed by atoms with Crippen LogP contribution < -0.4 is 4.90 Å². The van der Waals surface area contributed by atoms with Crippen LogP contribution in [0.1, 0.15) is 0 Å². The van der Waals surface area contributed by atoms with Gasteiger partial charge < -0.3 is 14.7 Å². The van der Waals surface area contributed by atoms with Crippen molar-refractivity contribution in [1.82, 2.24) is 9.55 Å². The van der Waals surface area contributed by atoms with Gasteiger partial charge >= 0.3 is 0 Å². The maximum Gasteiger partial charge on any atom is 0.208 e. The second kappa shape index (κ2) is 5.96. The van der Waals surface area contributed by atoms with E-state index < -0.39 is 0 Å². The SMILES string of the molecule is CN(C)c1nc2c(Cl)cc(Cl)cc2n1COCCO. The van der Waals surface area contributed by atoms with Crippen LogP contribution in [0.5, 0.6) is 0 Å². The van der Waals surface area contributed by atoms with E-state index in [1.807, 2.05) is 23.6 Å². The first-order valence-electron chi connectivity index (χ1n) is 5.75. The smallest absolute Gasteiger partial charge is 0.208 e. The van der Waals surface area contributed by atoms with E-state index >= 15 is 0 Å². The van der Waals surface area contributed by atoms with Crippen LogP contribution in [0, 0.1) is 0 Å². The predicted molar refractivity (Wildman–Crippen MR) is 77.1 cm³/mol. The molecule has 0 aliphatic carbocycles. The van der Waals surface area contributed by atoms with Crippen molar-refractivity contribution in [2.45, 2.75) is 6.73 Å². The van der Waals surface area contributed by atoms with Crippen LogP contribution in [0.4, 0.5) is 5.95 Å². The Kier molecular flexibility index (Phi) is 4.52. The molecule has 0 aliphatic rings. The maximum atomic E-state index is 8.77. The molecule has 0 fully saturated rings. The minimum Gasteiger partial charge on any atom is -0.394 e. The van der Waals surface area contributed by atoms with E-state index in [0.717, 1.165) is 11.5 Å². The summed E-state index contributed by atoms with van der Waals surface area (Å²) >= 11 is 12.2. The topological polar surface area (TPSA) is 50.5 Å². The van der Waals surface area contributed by atoms with Crippen molar-refractivity contribution in [2.24, 2.45) is 0 Å². The summed E-state index contributed by atoms with van der Waals surface area (Å²) in [5, 5.41) is 9.83. The van der Waals surface area contributed by atoms with Gasteiger partial charge in [0.25, 0.3) is 0 Å². The quantitative estimate of drug-likeness (QED) is 0.862. The summed E-state index contributed by atoms with van der Waals surface area (Å²) in [5.74, 6) is 0.720. The third-order valence-electron chi connectivity index (χ3n) is 2.61. The number of ether oxygens (including phenoxy) is 1. The summed E-state index contributed by atoms with van der Waals surface area (Å²) in [4.78, 5) is 6.35. The van der Waals surface area contributed by atoms with Gasteiger partial charge in [-0.1, -0.05) is 23.2 Å². The lowest BCUT2D eigenvalue weighted by atomic mass is 10.3. The van der Waals surface area contributed by atoms with Crippen LogP contribution in [-0.2, 0) is 11.5 Å². The monoisotopic (exact) mass is 303 g/mol. The minimum atomic E-state index is -0.0224. The summed E-state index contributed by atoms with van der Waals surface area (Å²) in [6.45, 7) is 0.521. The van der Waals surface area contributed by atoms with Crippen LogP contribution in [0.3, 0.4) is 0 Å². The van der Waals surface area contributed by atoms with Crippen LogP contribution in [0.2, 0.25) is 10.0 Å². The lowest BCUT2D eigenvalue weighted by Gasteiger charge is -2.14. The fraction of sp³-hybridized carbons (Fsp3) is 0.417. The summed E-state index contributed by atoms with van der Waals surface area (Å²) in [5.41, 5.74) is 1.49. The number of aromatic nitrogens is 2. The first kappa shape index (κ1) is 14.4. The second-order valence-corrected chi connectivity index (χ2v) is 5.09. The third kappa shape index (κ3) is 2.95. The predicted octanol–water partition coefficient (Wildman–Crippen LogP) is 2.38. The zero-order valence-electron chi connectivity index (χ0n) is 10.7. The molecule has 1 N–H and O–H groups in total. The zero-order chi connectivity index (χ0) is 14.0. The zero-order valence-corrected chi connectivity index (χ0v) is 12.2. The Labute approximate surface area is 121 Å². The highest BCUT2D eigenvalue weighted by molar-refractivity contribution is 6.38. The van der Waals surface area contributed by atoms with Gasteiger partial charge in [0.05, 0.1) is 23.8 Å². The average Bonchev–Trinajstić information content (AvgIpc) is 2.69. The highest BCUT2D eigenvalue weighted by Gasteiger charge is 2.15. The van der Waals surface area contributed by atoms with E-state index in [2.05, 4.69) is 4.98 Å². The van der Waals surface area contributed by atoms with E-state index in [1.165, 1.54) is 0 Å². The van der Waals surface area contributed by atoms with Crippen molar-refractivity contribution in [3.05, 3.63) is 22.2 Å². The number of imidazole rings is 1. The van der Waals surface area contributed by atoms with Crippen molar-refractivity contribution in [1.29, 1.82) is 0 Å². The van der Waals surface area contributed by atoms with Crippen molar-refractivity contribution in [3.8, 4) is 0 Å². The Morgan fingerprint density at radius 2 is 2.11 bits per heavy atom. The Morgan fingerprint density at radius 1 is 1.37 bits per heavy atom. The molecule has 0 atom stereocenters. The largest absolute Gasteiger partial charge is 0.394 e. The molecule has 0 saturated heterocycles. The van der Waals surface area contributed by atoms with Crippen molar-refractivity contribution in [2.75, 3.05) is 32.2 Å². The number of aliphatic hydroxyl groups excluding tert-OH is 1. The first-order chi connectivity index (χ1) is 9.04. The molecular weight excluding hydrogens is 289 g/mol. The Balaban J connectivity index is 2.52. The summed E-state index contributed by atoms with van der Waals surface area (Å²) < 4.78 is 7.23. The fourth-order valence-electron chi connectivity index (χ4n) is 1.83. The number of halogens is 2. The van der Waals surface area contributed by atoms with Gasteiger partial charge in [-0.15, -0.1) is 0 Å². The summed E-state index contributed by atoms with van der Waals surface area (Å²) in [6.07, 6.45) is 0. The molecule has 2 aromatic rings. The second-order valence-electron chi connectivity index (χ2n) is 4.25. The number of anilines is 1. The first-order valence-corrected chi connectivity index (χ1v) is 6.51. The lowest BCUT2D eigenvalue weighted by Crippen LogP contribution is -2.17. The molecule has 0 unspecified atom stereocenters. The molecule has 1 aromatic carbocycles. The molecular formula is C12H15Cl2N3O2. The van der Waals surface area contributed by atoms with Crippen molar-refractivity contribution < 1.29 is 9.84 Å². The molecule has 0 radical (unpaired) electrons. The fourth-order valence-corrected chi connectivity index (χ4v) is 2.35. The molecule has 0 bridgehead atoms. The van der Waals surface area contributed by atoms with Gasteiger partial charge in [0.15, 0.2) is 0 Å². The van der Waals surface area contributed by atoms with Crippen LogP contribution >= 0.6 is 23.2 Å². The maximum absolute atomic E-state index is 8.77. The van der Waals surface area contributed by atoms with Gasteiger partial charge in [-0.3, -0.25) is 4.57 Å². The standard InChI is InChI=1S/C12H15Cl2N3O2/c1-16(2)12-15-11-9(14)5-8(13)6-10(11)17(12)7-19-4-3-18/h5-6,18H,3-4,7H2,1-2H3. The minimum absolute atomic E-state index is 0.0224. The summed E-state index contributed by atoms with van der Waals surface area (Å²) in [6, 6.07) is 3.46. The van der Waals surface area contributed by atoms with E-state index in [0.29, 0.717) is 15.6 Å². The Morgan fingerprint density at radius 3 is 2.74 bits per heavy atom. The van der Waals surface area contributed by atoms with E-state index in [9.17, 15) is 0 Å². The number of benzene rings is 1. The molecule has 2 rings (SSSR count). The number of nitrogens with zero attached hydrogens (tertiary/aromatic N) is 3. The van der Waals surface area contributed by atoms with E-state index in [4.69, 9.17) is 33.0 Å². The highest BCUT2D eigenvalue weighted by Crippen LogP contribution is 2.30.